The van der Waals surface area contributed by atoms with Crippen molar-refractivity contribution in [3.63, 3.8) is 0 Å². The second kappa shape index (κ2) is 9.25. The maximum Gasteiger partial charge on any atom is 0.407 e. The molecule has 0 aromatic carbocycles. The summed E-state index contributed by atoms with van der Waals surface area (Å²) in [6.07, 6.45) is 5.40. The highest BCUT2D eigenvalue weighted by molar-refractivity contribution is 7.99. The van der Waals surface area contributed by atoms with E-state index in [1.165, 1.54) is 0 Å². The SMILES string of the molecule is CCOC(=O)NC1CCC(NC(=O)N(C)C2CCSCC2)CC1. The lowest BCUT2D eigenvalue weighted by atomic mass is 9.91. The van der Waals surface area contributed by atoms with Crippen LogP contribution in [0.4, 0.5) is 9.59 Å². The fourth-order valence-corrected chi connectivity index (χ4v) is 4.32. The third-order valence-electron chi connectivity index (χ3n) is 4.71. The predicted molar refractivity (Wildman–Crippen MR) is 92.8 cm³/mol. The predicted octanol–water partition coefficient (Wildman–Crippen LogP) is 2.58. The molecule has 1 aliphatic carbocycles. The van der Waals surface area contributed by atoms with E-state index in [2.05, 4.69) is 10.6 Å². The Morgan fingerprint density at radius 2 is 1.61 bits per heavy atom. The molecule has 0 spiro atoms. The first-order valence-electron chi connectivity index (χ1n) is 8.64. The minimum atomic E-state index is -0.338. The molecule has 3 amide bonds. The lowest BCUT2D eigenvalue weighted by molar-refractivity contribution is 0.142. The molecule has 0 unspecified atom stereocenters. The second-order valence-electron chi connectivity index (χ2n) is 6.32. The van der Waals surface area contributed by atoms with Gasteiger partial charge in [-0.15, -0.1) is 0 Å². The van der Waals surface area contributed by atoms with Crippen molar-refractivity contribution in [3.05, 3.63) is 0 Å². The third-order valence-corrected chi connectivity index (χ3v) is 5.76. The number of thioether (sulfide) groups is 1. The number of urea groups is 1. The Hall–Kier alpha value is -1.11. The monoisotopic (exact) mass is 343 g/mol. The van der Waals surface area contributed by atoms with Crippen LogP contribution < -0.4 is 10.6 Å². The number of carbonyl (C=O) groups is 2. The number of rotatable bonds is 4. The first-order chi connectivity index (χ1) is 11.1. The Balaban J connectivity index is 1.68. The quantitative estimate of drug-likeness (QED) is 0.823. The average Bonchev–Trinajstić information content (AvgIpc) is 2.57. The maximum atomic E-state index is 12.4. The third kappa shape index (κ3) is 5.79. The molecule has 6 nitrogen and oxygen atoms in total. The summed E-state index contributed by atoms with van der Waals surface area (Å²) in [5.74, 6) is 2.29. The summed E-state index contributed by atoms with van der Waals surface area (Å²) in [5.41, 5.74) is 0. The van der Waals surface area contributed by atoms with Crippen molar-refractivity contribution in [2.24, 2.45) is 0 Å². The van der Waals surface area contributed by atoms with Crippen molar-refractivity contribution < 1.29 is 14.3 Å². The van der Waals surface area contributed by atoms with Gasteiger partial charge in [0.1, 0.15) is 0 Å². The van der Waals surface area contributed by atoms with E-state index < -0.39 is 0 Å². The molecule has 2 N–H and O–H groups in total. The van der Waals surface area contributed by atoms with Crippen LogP contribution in [0, 0.1) is 0 Å². The number of alkyl carbamates (subject to hydrolysis) is 1. The van der Waals surface area contributed by atoms with Gasteiger partial charge in [0.05, 0.1) is 6.61 Å². The molecule has 0 aromatic heterocycles. The average molecular weight is 343 g/mol. The molecule has 0 radical (unpaired) electrons. The number of ether oxygens (including phenoxy) is 1. The molecule has 2 aliphatic rings. The van der Waals surface area contributed by atoms with E-state index in [0.29, 0.717) is 12.6 Å². The van der Waals surface area contributed by atoms with Gasteiger partial charge in [0.15, 0.2) is 0 Å². The minimum Gasteiger partial charge on any atom is -0.450 e. The van der Waals surface area contributed by atoms with E-state index in [0.717, 1.165) is 50.0 Å². The molecule has 23 heavy (non-hydrogen) atoms. The normalized spacial score (nSPS) is 25.5. The van der Waals surface area contributed by atoms with Crippen molar-refractivity contribution in [1.29, 1.82) is 0 Å². The largest absolute Gasteiger partial charge is 0.450 e. The molecule has 0 atom stereocenters. The lowest BCUT2D eigenvalue weighted by Gasteiger charge is -2.34. The standard InChI is InChI=1S/C16H29N3O3S/c1-3-22-16(21)18-13-6-4-12(5-7-13)17-15(20)19(2)14-8-10-23-11-9-14/h12-14H,3-11H2,1-2H3,(H,17,20)(H,18,21). The summed E-state index contributed by atoms with van der Waals surface area (Å²) in [7, 11) is 1.91. The van der Waals surface area contributed by atoms with Crippen LogP contribution in [0.2, 0.25) is 0 Å². The van der Waals surface area contributed by atoms with Crippen molar-refractivity contribution in [1.82, 2.24) is 15.5 Å². The van der Waals surface area contributed by atoms with E-state index in [1.807, 2.05) is 23.7 Å². The van der Waals surface area contributed by atoms with Crippen molar-refractivity contribution in [2.75, 3.05) is 25.2 Å². The number of hydrogen-bond acceptors (Lipinski definition) is 4. The number of nitrogens with zero attached hydrogens (tertiary/aromatic N) is 1. The Morgan fingerprint density at radius 3 is 2.17 bits per heavy atom. The first-order valence-corrected chi connectivity index (χ1v) is 9.80. The van der Waals surface area contributed by atoms with Gasteiger partial charge >= 0.3 is 12.1 Å². The van der Waals surface area contributed by atoms with E-state index in [1.54, 1.807) is 6.92 Å². The van der Waals surface area contributed by atoms with Gasteiger partial charge in [0.2, 0.25) is 0 Å². The van der Waals surface area contributed by atoms with Crippen LogP contribution in [0.5, 0.6) is 0 Å². The molecule has 0 aromatic rings. The molecule has 132 valence electrons. The fourth-order valence-electron chi connectivity index (χ4n) is 3.24. The molecule has 2 rings (SSSR count). The van der Waals surface area contributed by atoms with Crippen molar-refractivity contribution in [2.45, 2.75) is 63.6 Å². The van der Waals surface area contributed by atoms with Crippen LogP contribution in [-0.4, -0.2) is 60.3 Å². The van der Waals surface area contributed by atoms with Crippen LogP contribution in [-0.2, 0) is 4.74 Å². The van der Waals surface area contributed by atoms with Gasteiger partial charge in [0.25, 0.3) is 0 Å². The van der Waals surface area contributed by atoms with Crippen molar-refractivity contribution >= 4 is 23.9 Å². The summed E-state index contributed by atoms with van der Waals surface area (Å²) in [6, 6.07) is 0.792. The zero-order valence-electron chi connectivity index (χ0n) is 14.2. The zero-order valence-corrected chi connectivity index (χ0v) is 15.0. The second-order valence-corrected chi connectivity index (χ2v) is 7.54. The Kier molecular flexibility index (Phi) is 7.33. The smallest absolute Gasteiger partial charge is 0.407 e. The van der Waals surface area contributed by atoms with Crippen LogP contribution in [0.25, 0.3) is 0 Å². The molecular weight excluding hydrogens is 314 g/mol. The number of carbonyl (C=O) groups excluding carboxylic acids is 2. The van der Waals surface area contributed by atoms with E-state index in [4.69, 9.17) is 4.74 Å². The van der Waals surface area contributed by atoms with Gasteiger partial charge < -0.3 is 20.3 Å². The highest BCUT2D eigenvalue weighted by Gasteiger charge is 2.27. The number of nitrogens with one attached hydrogen (secondary N) is 2. The van der Waals surface area contributed by atoms with Gasteiger partial charge in [-0.1, -0.05) is 0 Å². The Labute approximate surface area is 143 Å². The summed E-state index contributed by atoms with van der Waals surface area (Å²) < 4.78 is 4.91. The number of amides is 3. The molecule has 2 fully saturated rings. The molecule has 1 heterocycles. The molecule has 7 heteroatoms. The lowest BCUT2D eigenvalue weighted by Crippen LogP contribution is -2.50. The van der Waals surface area contributed by atoms with Gasteiger partial charge in [-0.05, 0) is 57.0 Å². The Morgan fingerprint density at radius 1 is 1.04 bits per heavy atom. The summed E-state index contributed by atoms with van der Waals surface area (Å²) in [5, 5.41) is 6.03. The maximum absolute atomic E-state index is 12.4. The van der Waals surface area contributed by atoms with Crippen LogP contribution in [0.1, 0.15) is 45.4 Å². The van der Waals surface area contributed by atoms with Crippen LogP contribution >= 0.6 is 11.8 Å². The van der Waals surface area contributed by atoms with Gasteiger partial charge in [-0.25, -0.2) is 9.59 Å². The van der Waals surface area contributed by atoms with E-state index in [-0.39, 0.29) is 24.2 Å². The minimum absolute atomic E-state index is 0.0451. The fraction of sp³-hybridized carbons (Fsp3) is 0.875. The summed E-state index contributed by atoms with van der Waals surface area (Å²) in [4.78, 5) is 25.7. The van der Waals surface area contributed by atoms with Gasteiger partial charge in [-0.3, -0.25) is 0 Å². The molecule has 0 bridgehead atoms. The topological polar surface area (TPSA) is 70.7 Å². The van der Waals surface area contributed by atoms with Gasteiger partial charge in [0, 0.05) is 25.2 Å². The molecule has 1 saturated carbocycles. The summed E-state index contributed by atoms with van der Waals surface area (Å²) >= 11 is 1.97. The highest BCUT2D eigenvalue weighted by atomic mass is 32.2. The Bertz CT molecular complexity index is 394. The zero-order chi connectivity index (χ0) is 16.7. The van der Waals surface area contributed by atoms with E-state index in [9.17, 15) is 9.59 Å². The van der Waals surface area contributed by atoms with Crippen molar-refractivity contribution in [3.8, 4) is 0 Å². The van der Waals surface area contributed by atoms with E-state index >= 15 is 0 Å². The molecular formula is C16H29N3O3S. The molecule has 1 saturated heterocycles. The highest BCUT2D eigenvalue weighted by Crippen LogP contribution is 2.22. The molecule has 1 aliphatic heterocycles. The first kappa shape index (κ1) is 18.2. The van der Waals surface area contributed by atoms with Gasteiger partial charge in [-0.2, -0.15) is 11.8 Å². The van der Waals surface area contributed by atoms with Crippen LogP contribution in [0.3, 0.4) is 0 Å². The summed E-state index contributed by atoms with van der Waals surface area (Å²) in [6.45, 7) is 2.19. The van der Waals surface area contributed by atoms with Crippen LogP contribution in [0.15, 0.2) is 0 Å². The number of hydrogen-bond donors (Lipinski definition) is 2.